The summed E-state index contributed by atoms with van der Waals surface area (Å²) in [5.41, 5.74) is 12.4. The van der Waals surface area contributed by atoms with Crippen molar-refractivity contribution in [1.29, 1.82) is 0 Å². The van der Waals surface area contributed by atoms with Gasteiger partial charge in [0.2, 0.25) is 0 Å². The first-order valence-electron chi connectivity index (χ1n) is 15.4. The Bertz CT molecular complexity index is 2440. The van der Waals surface area contributed by atoms with Gasteiger partial charge in [0.1, 0.15) is 4.83 Å². The molecular weight excluding hydrogens is 579 g/mol. The van der Waals surface area contributed by atoms with E-state index in [0.29, 0.717) is 0 Å². The minimum atomic E-state index is 0.723. The minimum Gasteiger partial charge on any atom is -0.299 e. The van der Waals surface area contributed by atoms with E-state index in [1.54, 1.807) is 0 Å². The Hall–Kier alpha value is -5.84. The highest BCUT2D eigenvalue weighted by atomic mass is 32.1. The molecule has 0 radical (unpaired) electrons. The van der Waals surface area contributed by atoms with Crippen LogP contribution in [-0.4, -0.2) is 14.4 Å². The van der Waals surface area contributed by atoms with Crippen LogP contribution < -0.4 is 0 Å². The van der Waals surface area contributed by atoms with Crippen LogP contribution >= 0.6 is 11.3 Å². The second-order valence-electron chi connectivity index (χ2n) is 11.4. The fraction of sp³-hybridized carbons (Fsp3) is 0. The molecule has 3 nitrogen and oxygen atoms in total. The lowest BCUT2D eigenvalue weighted by atomic mass is 10.0. The monoisotopic (exact) mass is 605 g/mol. The maximum atomic E-state index is 5.05. The molecule has 216 valence electrons. The number of benzene rings is 6. The zero-order valence-corrected chi connectivity index (χ0v) is 25.7. The molecule has 0 saturated carbocycles. The molecule has 3 aromatic heterocycles. The van der Waals surface area contributed by atoms with Gasteiger partial charge in [-0.2, -0.15) is 0 Å². The van der Waals surface area contributed by atoms with Gasteiger partial charge in [0, 0.05) is 33.2 Å². The number of rotatable bonds is 5. The molecule has 4 heteroatoms. The Morgan fingerprint density at radius 3 is 1.72 bits per heavy atom. The number of para-hydroxylation sites is 2. The number of hydrogen-bond acceptors (Lipinski definition) is 3. The van der Waals surface area contributed by atoms with E-state index in [-0.39, 0.29) is 0 Å². The smallest absolute Gasteiger partial charge is 0.160 e. The van der Waals surface area contributed by atoms with Crippen molar-refractivity contribution in [2.45, 2.75) is 0 Å². The third-order valence-electron chi connectivity index (χ3n) is 8.64. The van der Waals surface area contributed by atoms with Crippen LogP contribution in [0.15, 0.2) is 164 Å². The summed E-state index contributed by atoms with van der Waals surface area (Å²) in [5.74, 6) is 0.723. The highest BCUT2D eigenvalue weighted by Gasteiger charge is 2.20. The molecule has 9 rings (SSSR count). The Morgan fingerprint density at radius 2 is 1.02 bits per heavy atom. The summed E-state index contributed by atoms with van der Waals surface area (Å²) in [5, 5.41) is 1.26. The van der Waals surface area contributed by atoms with Crippen molar-refractivity contribution in [3.63, 3.8) is 0 Å². The van der Waals surface area contributed by atoms with E-state index in [1.165, 1.54) is 48.2 Å². The van der Waals surface area contributed by atoms with Gasteiger partial charge in [-0.15, -0.1) is 11.3 Å². The minimum absolute atomic E-state index is 0.723. The van der Waals surface area contributed by atoms with Gasteiger partial charge in [0.05, 0.1) is 27.1 Å². The molecule has 0 aliphatic rings. The van der Waals surface area contributed by atoms with E-state index in [2.05, 4.69) is 132 Å². The van der Waals surface area contributed by atoms with E-state index in [1.807, 2.05) is 47.7 Å². The van der Waals surface area contributed by atoms with Gasteiger partial charge in [-0.1, -0.05) is 146 Å². The molecule has 0 aliphatic carbocycles. The lowest BCUT2D eigenvalue weighted by Crippen LogP contribution is -1.95. The SMILES string of the molecule is c1ccc(-c2cc(-c3ccc(-c4c5ccccc5n5c4sc4cccc(-c6ccccc6)c45)cc3)nc(-c3ccccc3)n2)cc1. The van der Waals surface area contributed by atoms with Crippen molar-refractivity contribution in [2.24, 2.45) is 0 Å². The first-order valence-corrected chi connectivity index (χ1v) is 16.2. The molecule has 9 aromatic rings. The van der Waals surface area contributed by atoms with Crippen molar-refractivity contribution in [3.8, 4) is 56.2 Å². The molecule has 0 aliphatic heterocycles. The van der Waals surface area contributed by atoms with Gasteiger partial charge >= 0.3 is 0 Å². The molecule has 0 bridgehead atoms. The van der Waals surface area contributed by atoms with Crippen molar-refractivity contribution in [3.05, 3.63) is 164 Å². The maximum absolute atomic E-state index is 5.05. The van der Waals surface area contributed by atoms with Crippen LogP contribution in [0.3, 0.4) is 0 Å². The zero-order valence-electron chi connectivity index (χ0n) is 24.8. The van der Waals surface area contributed by atoms with Gasteiger partial charge in [-0.25, -0.2) is 9.97 Å². The second-order valence-corrected chi connectivity index (χ2v) is 12.5. The average molecular weight is 606 g/mol. The van der Waals surface area contributed by atoms with Gasteiger partial charge in [0.25, 0.3) is 0 Å². The predicted molar refractivity (Wildman–Crippen MR) is 193 cm³/mol. The maximum Gasteiger partial charge on any atom is 0.160 e. The highest BCUT2D eigenvalue weighted by Crippen LogP contribution is 2.44. The first kappa shape index (κ1) is 26.6. The zero-order chi connectivity index (χ0) is 30.5. The van der Waals surface area contributed by atoms with Crippen LogP contribution in [0.2, 0.25) is 0 Å². The van der Waals surface area contributed by atoms with Crippen molar-refractivity contribution < 1.29 is 0 Å². The summed E-state index contributed by atoms with van der Waals surface area (Å²) in [6.07, 6.45) is 0. The van der Waals surface area contributed by atoms with E-state index >= 15 is 0 Å². The summed E-state index contributed by atoms with van der Waals surface area (Å²) < 4.78 is 3.74. The van der Waals surface area contributed by atoms with E-state index in [9.17, 15) is 0 Å². The topological polar surface area (TPSA) is 30.2 Å². The van der Waals surface area contributed by atoms with Crippen LogP contribution in [0, 0.1) is 0 Å². The first-order chi connectivity index (χ1) is 22.8. The molecule has 0 amide bonds. The molecule has 46 heavy (non-hydrogen) atoms. The third-order valence-corrected chi connectivity index (χ3v) is 9.77. The highest BCUT2D eigenvalue weighted by molar-refractivity contribution is 7.24. The quantitative estimate of drug-likeness (QED) is 0.195. The van der Waals surface area contributed by atoms with Crippen molar-refractivity contribution >= 4 is 37.3 Å². The van der Waals surface area contributed by atoms with E-state index < -0.39 is 0 Å². The molecule has 6 aromatic carbocycles. The second kappa shape index (κ2) is 11.0. The fourth-order valence-electron chi connectivity index (χ4n) is 6.48. The molecular formula is C42H27N3S. The van der Waals surface area contributed by atoms with E-state index in [4.69, 9.17) is 9.97 Å². The Labute approximate surface area is 270 Å². The van der Waals surface area contributed by atoms with Crippen LogP contribution in [0.1, 0.15) is 0 Å². The van der Waals surface area contributed by atoms with Gasteiger partial charge in [-0.05, 0) is 29.3 Å². The largest absolute Gasteiger partial charge is 0.299 e. The lowest BCUT2D eigenvalue weighted by Gasteiger charge is -2.10. The van der Waals surface area contributed by atoms with Crippen LogP contribution in [0.5, 0.6) is 0 Å². The molecule has 0 spiro atoms. The van der Waals surface area contributed by atoms with Gasteiger partial charge in [0.15, 0.2) is 5.82 Å². The lowest BCUT2D eigenvalue weighted by molar-refractivity contribution is 1.18. The summed E-state index contributed by atoms with van der Waals surface area (Å²) >= 11 is 1.86. The van der Waals surface area contributed by atoms with Crippen LogP contribution in [-0.2, 0) is 0 Å². The van der Waals surface area contributed by atoms with Crippen molar-refractivity contribution in [2.75, 3.05) is 0 Å². The Morgan fingerprint density at radius 1 is 0.457 bits per heavy atom. The van der Waals surface area contributed by atoms with Gasteiger partial charge < -0.3 is 0 Å². The average Bonchev–Trinajstić information content (AvgIpc) is 3.67. The summed E-state index contributed by atoms with van der Waals surface area (Å²) in [6.45, 7) is 0. The Balaban J connectivity index is 1.21. The molecule has 3 heterocycles. The number of fused-ring (bicyclic) bond motifs is 5. The molecule has 0 unspecified atom stereocenters. The fourth-order valence-corrected chi connectivity index (χ4v) is 7.74. The molecule has 0 atom stereocenters. The summed E-state index contributed by atoms with van der Waals surface area (Å²) in [6, 6.07) is 57.6. The van der Waals surface area contributed by atoms with E-state index in [0.717, 1.165) is 33.9 Å². The summed E-state index contributed by atoms with van der Waals surface area (Å²) in [4.78, 5) is 11.3. The predicted octanol–water partition coefficient (Wildman–Crippen LogP) is 11.4. The molecule has 0 fully saturated rings. The van der Waals surface area contributed by atoms with Gasteiger partial charge in [-0.3, -0.25) is 4.40 Å². The normalized spacial score (nSPS) is 11.5. The standard InChI is InChI=1S/C42H27N3S/c1-4-13-28(14-5-1)33-20-12-22-38-40(33)45-37-21-11-10-19-34(37)39(42(45)46-38)31-25-23-30(24-26-31)36-27-35(29-15-6-2-7-16-29)43-41(44-36)32-17-8-3-9-18-32/h1-27H. The Kier molecular flexibility index (Phi) is 6.32. The third kappa shape index (κ3) is 4.42. The number of nitrogens with zero attached hydrogens (tertiary/aromatic N) is 3. The number of aromatic nitrogens is 3. The van der Waals surface area contributed by atoms with Crippen LogP contribution in [0.4, 0.5) is 0 Å². The summed E-state index contributed by atoms with van der Waals surface area (Å²) in [7, 11) is 0. The molecule has 0 saturated heterocycles. The number of thiazole rings is 1. The van der Waals surface area contributed by atoms with Crippen LogP contribution in [0.25, 0.3) is 82.1 Å². The number of hydrogen-bond donors (Lipinski definition) is 0. The van der Waals surface area contributed by atoms with Crippen molar-refractivity contribution in [1.82, 2.24) is 14.4 Å². The molecule has 0 N–H and O–H groups in total.